The molecule has 0 spiro atoms. The maximum absolute atomic E-state index is 13.4. The minimum absolute atomic E-state index is 0.0793. The summed E-state index contributed by atoms with van der Waals surface area (Å²) in [6.07, 6.45) is 1.41. The van der Waals surface area contributed by atoms with Crippen LogP contribution in [-0.2, 0) is 14.3 Å². The molecule has 2 N–H and O–H groups in total. The Morgan fingerprint density at radius 1 is 1.29 bits per heavy atom. The number of ether oxygens (including phenoxy) is 1. The molecule has 6 nitrogen and oxygen atoms in total. The fraction of sp³-hybridized carbons (Fsp3) is 0.421. The van der Waals surface area contributed by atoms with Crippen molar-refractivity contribution in [2.45, 2.75) is 19.8 Å². The monoisotopic (exact) mass is 410 g/mol. The van der Waals surface area contributed by atoms with Crippen LogP contribution in [-0.4, -0.2) is 43.1 Å². The second-order valence-corrected chi connectivity index (χ2v) is 7.53. The van der Waals surface area contributed by atoms with Crippen LogP contribution in [0.4, 0.5) is 13.9 Å². The molecule has 0 unspecified atom stereocenters. The molecule has 0 saturated carbocycles. The molecule has 28 heavy (non-hydrogen) atoms. The van der Waals surface area contributed by atoms with Gasteiger partial charge in [0.25, 0.3) is 5.91 Å². The molecule has 0 aliphatic carbocycles. The Labute approximate surface area is 165 Å². The summed E-state index contributed by atoms with van der Waals surface area (Å²) in [6.45, 7) is 3.92. The number of hydrogen-bond acceptors (Lipinski definition) is 5. The van der Waals surface area contributed by atoms with Crippen LogP contribution in [0.25, 0.3) is 11.3 Å². The van der Waals surface area contributed by atoms with E-state index in [1.807, 2.05) is 0 Å². The molecule has 9 heteroatoms. The summed E-state index contributed by atoms with van der Waals surface area (Å²) in [7, 11) is 0. The number of nitrogens with zero attached hydrogens (tertiary/aromatic N) is 1. The van der Waals surface area contributed by atoms with E-state index in [1.165, 1.54) is 17.4 Å². The van der Waals surface area contributed by atoms with Gasteiger partial charge in [0, 0.05) is 23.8 Å². The molecule has 2 aromatic rings. The standard InChI is InChI=1S/C19H21F2N3O3S/c1-2-27-18(26)12-5-7-24(8-6-12)10-17(25)23-19-22-16(11-28-19)13-3-4-14(20)15(21)9-13/h3-4,9,11-12H,2,5-8,10H2,1H3,(H,22,23,25)/p+1. The van der Waals surface area contributed by atoms with E-state index in [1.54, 1.807) is 12.3 Å². The van der Waals surface area contributed by atoms with Gasteiger partial charge in [0.05, 0.1) is 31.3 Å². The molecule has 1 fully saturated rings. The van der Waals surface area contributed by atoms with Crippen LogP contribution < -0.4 is 10.2 Å². The van der Waals surface area contributed by atoms with Gasteiger partial charge in [-0.05, 0) is 25.1 Å². The third-order valence-electron chi connectivity index (χ3n) is 4.69. The quantitative estimate of drug-likeness (QED) is 0.714. The smallest absolute Gasteiger partial charge is 0.309 e. The first-order valence-electron chi connectivity index (χ1n) is 9.17. The Morgan fingerprint density at radius 3 is 2.71 bits per heavy atom. The predicted molar refractivity (Wildman–Crippen MR) is 101 cm³/mol. The molecule has 0 bridgehead atoms. The summed E-state index contributed by atoms with van der Waals surface area (Å²) in [5.41, 5.74) is 0.920. The lowest BCUT2D eigenvalue weighted by Gasteiger charge is -2.27. The number of carbonyl (C=O) groups is 2. The van der Waals surface area contributed by atoms with Crippen LogP contribution in [0.15, 0.2) is 23.6 Å². The third kappa shape index (κ3) is 5.11. The first-order chi connectivity index (χ1) is 13.5. The van der Waals surface area contributed by atoms with E-state index < -0.39 is 11.6 Å². The van der Waals surface area contributed by atoms with Crippen LogP contribution in [0.1, 0.15) is 19.8 Å². The average molecular weight is 410 g/mol. The van der Waals surface area contributed by atoms with Crippen molar-refractivity contribution in [3.05, 3.63) is 35.2 Å². The minimum Gasteiger partial charge on any atom is -0.466 e. The zero-order valence-electron chi connectivity index (χ0n) is 15.5. The van der Waals surface area contributed by atoms with E-state index in [0.717, 1.165) is 30.1 Å². The second-order valence-electron chi connectivity index (χ2n) is 6.67. The van der Waals surface area contributed by atoms with E-state index in [0.29, 0.717) is 35.8 Å². The lowest BCUT2D eigenvalue weighted by molar-refractivity contribution is -0.897. The first kappa shape index (κ1) is 20.3. The van der Waals surface area contributed by atoms with Gasteiger partial charge < -0.3 is 9.64 Å². The van der Waals surface area contributed by atoms with Gasteiger partial charge in [-0.2, -0.15) is 0 Å². The highest BCUT2D eigenvalue weighted by molar-refractivity contribution is 7.14. The molecule has 0 atom stereocenters. The van der Waals surface area contributed by atoms with E-state index in [2.05, 4.69) is 10.3 Å². The third-order valence-corrected chi connectivity index (χ3v) is 5.45. The topological polar surface area (TPSA) is 72.7 Å². The molecule has 1 aliphatic heterocycles. The maximum Gasteiger partial charge on any atom is 0.309 e. The molecule has 1 aliphatic rings. The fourth-order valence-corrected chi connectivity index (χ4v) is 3.94. The lowest BCUT2D eigenvalue weighted by atomic mass is 9.97. The molecule has 1 aromatic heterocycles. The van der Waals surface area contributed by atoms with Crippen LogP contribution >= 0.6 is 11.3 Å². The van der Waals surface area contributed by atoms with Crippen molar-refractivity contribution >= 4 is 28.3 Å². The number of benzene rings is 1. The molecular weight excluding hydrogens is 388 g/mol. The number of halogens is 2. The largest absolute Gasteiger partial charge is 0.466 e. The Kier molecular flexibility index (Phi) is 6.69. The van der Waals surface area contributed by atoms with E-state index >= 15 is 0 Å². The van der Waals surface area contributed by atoms with Crippen LogP contribution in [0, 0.1) is 17.6 Å². The maximum atomic E-state index is 13.4. The van der Waals surface area contributed by atoms with Crippen LogP contribution in [0.3, 0.4) is 0 Å². The van der Waals surface area contributed by atoms with Gasteiger partial charge in [-0.3, -0.25) is 14.9 Å². The number of thiazole rings is 1. The summed E-state index contributed by atoms with van der Waals surface area (Å²) in [4.78, 5) is 29.4. The Morgan fingerprint density at radius 2 is 2.04 bits per heavy atom. The van der Waals surface area contributed by atoms with Crippen molar-refractivity contribution < 1.29 is 28.0 Å². The zero-order valence-corrected chi connectivity index (χ0v) is 16.3. The number of aromatic nitrogens is 1. The number of amides is 1. The Balaban J connectivity index is 1.50. The summed E-state index contributed by atoms with van der Waals surface area (Å²) >= 11 is 1.22. The highest BCUT2D eigenvalue weighted by atomic mass is 32.1. The number of likely N-dealkylation sites (tertiary alicyclic amines) is 1. The number of nitrogens with one attached hydrogen (secondary N) is 2. The highest BCUT2D eigenvalue weighted by Crippen LogP contribution is 2.26. The summed E-state index contributed by atoms with van der Waals surface area (Å²) in [5.74, 6) is -2.26. The first-order valence-corrected chi connectivity index (χ1v) is 10.0. The Hall–Kier alpha value is -2.39. The molecule has 0 radical (unpaired) electrons. The number of hydrogen-bond donors (Lipinski definition) is 2. The molecular formula is C19H22F2N3O3S+. The fourth-order valence-electron chi connectivity index (χ4n) is 3.21. The average Bonchev–Trinajstić information content (AvgIpc) is 3.13. The molecule has 1 aromatic carbocycles. The number of esters is 1. The minimum atomic E-state index is -0.939. The van der Waals surface area contributed by atoms with E-state index in [-0.39, 0.29) is 24.3 Å². The van der Waals surface area contributed by atoms with Crippen molar-refractivity contribution in [2.75, 3.05) is 31.6 Å². The predicted octanol–water partition coefficient (Wildman–Crippen LogP) is 1.88. The van der Waals surface area contributed by atoms with E-state index in [4.69, 9.17) is 4.74 Å². The van der Waals surface area contributed by atoms with Gasteiger partial charge in [0.1, 0.15) is 0 Å². The molecule has 2 heterocycles. The number of rotatable bonds is 6. The van der Waals surface area contributed by atoms with Crippen molar-refractivity contribution in [1.82, 2.24) is 4.98 Å². The normalized spacial score (nSPS) is 19.2. The molecule has 1 amide bonds. The van der Waals surface area contributed by atoms with Crippen molar-refractivity contribution in [1.29, 1.82) is 0 Å². The van der Waals surface area contributed by atoms with Gasteiger partial charge in [-0.25, -0.2) is 13.8 Å². The summed E-state index contributed by atoms with van der Waals surface area (Å²) in [6, 6.07) is 3.57. The van der Waals surface area contributed by atoms with Gasteiger partial charge in [-0.15, -0.1) is 11.3 Å². The van der Waals surface area contributed by atoms with Gasteiger partial charge in [0.15, 0.2) is 23.3 Å². The number of anilines is 1. The van der Waals surface area contributed by atoms with Crippen molar-refractivity contribution in [3.8, 4) is 11.3 Å². The zero-order chi connectivity index (χ0) is 20.1. The van der Waals surface area contributed by atoms with Crippen LogP contribution in [0.5, 0.6) is 0 Å². The van der Waals surface area contributed by atoms with E-state index in [9.17, 15) is 18.4 Å². The van der Waals surface area contributed by atoms with Crippen LogP contribution in [0.2, 0.25) is 0 Å². The molecule has 150 valence electrons. The van der Waals surface area contributed by atoms with Crippen molar-refractivity contribution in [3.63, 3.8) is 0 Å². The van der Waals surface area contributed by atoms with Gasteiger partial charge >= 0.3 is 5.97 Å². The second kappa shape index (κ2) is 9.20. The number of quaternary nitrogens is 1. The highest BCUT2D eigenvalue weighted by Gasteiger charge is 2.29. The SMILES string of the molecule is CCOC(=O)C1CC[NH+](CC(=O)Nc2nc(-c3ccc(F)c(F)c3)cs2)CC1. The van der Waals surface area contributed by atoms with Crippen molar-refractivity contribution in [2.24, 2.45) is 5.92 Å². The number of piperidine rings is 1. The Bertz CT molecular complexity index is 851. The van der Waals surface area contributed by atoms with Gasteiger partial charge in [0.2, 0.25) is 0 Å². The van der Waals surface area contributed by atoms with Gasteiger partial charge in [-0.1, -0.05) is 0 Å². The number of carbonyl (C=O) groups excluding carboxylic acids is 2. The molecule has 1 saturated heterocycles. The summed E-state index contributed by atoms with van der Waals surface area (Å²) < 4.78 is 31.5. The lowest BCUT2D eigenvalue weighted by Crippen LogP contribution is -3.14. The molecule has 3 rings (SSSR count). The summed E-state index contributed by atoms with van der Waals surface area (Å²) in [5, 5.41) is 4.84.